The maximum absolute atomic E-state index is 11.3. The van der Waals surface area contributed by atoms with Gasteiger partial charge in [-0.2, -0.15) is 0 Å². The van der Waals surface area contributed by atoms with Crippen molar-refractivity contribution in [1.29, 1.82) is 0 Å². The van der Waals surface area contributed by atoms with E-state index in [4.69, 9.17) is 17.1 Å². The number of phosphoric ester groups is 1. The van der Waals surface area contributed by atoms with Gasteiger partial charge in [0.2, 0.25) is 0 Å². The summed E-state index contributed by atoms with van der Waals surface area (Å²) in [5.74, 6) is 0. The van der Waals surface area contributed by atoms with Gasteiger partial charge in [-0.15, -0.1) is 0 Å². The highest BCUT2D eigenvalue weighted by atomic mass is 31.2. The molecule has 0 spiro atoms. The second kappa shape index (κ2) is 6.67. The molecule has 0 unspecified atom stereocenters. The lowest BCUT2D eigenvalue weighted by Crippen LogP contribution is -2.00. The fourth-order valence-corrected chi connectivity index (χ4v) is 1.51. The Balaban J connectivity index is 3.79. The summed E-state index contributed by atoms with van der Waals surface area (Å²) in [6, 6.07) is 0. The first-order chi connectivity index (χ1) is 5.68. The van der Waals surface area contributed by atoms with Gasteiger partial charge in [0.15, 0.2) is 0 Å². The zero-order chi connectivity index (χ0) is 9.45. The van der Waals surface area contributed by atoms with E-state index in [0.717, 1.165) is 12.8 Å². The molecule has 0 amide bonds. The minimum absolute atomic E-state index is 0.318. The molecule has 0 saturated carbocycles. The van der Waals surface area contributed by atoms with Gasteiger partial charge in [0.05, 0.1) is 13.2 Å². The second-order valence-corrected chi connectivity index (χ2v) is 3.84. The summed E-state index contributed by atoms with van der Waals surface area (Å²) >= 11 is 0. The van der Waals surface area contributed by atoms with Gasteiger partial charge in [-0.05, 0) is 12.8 Å². The molecule has 4 nitrogen and oxygen atoms in total. The van der Waals surface area contributed by atoms with E-state index < -0.39 is 7.82 Å². The third kappa shape index (κ3) is 4.93. The quantitative estimate of drug-likeness (QED) is 0.457. The van der Waals surface area contributed by atoms with E-state index in [1.165, 1.54) is 0 Å². The third-order valence-electron chi connectivity index (χ3n) is 1.04. The lowest BCUT2D eigenvalue weighted by molar-refractivity contribution is 0.159. The zero-order valence-corrected chi connectivity index (χ0v) is 8.38. The molecule has 0 fully saturated rings. The van der Waals surface area contributed by atoms with Crippen molar-refractivity contribution in [2.45, 2.75) is 26.7 Å². The summed E-state index contributed by atoms with van der Waals surface area (Å²) in [5.41, 5.74) is 0. The third-order valence-corrected chi connectivity index (χ3v) is 2.29. The lowest BCUT2D eigenvalue weighted by Gasteiger charge is -2.15. The summed E-state index contributed by atoms with van der Waals surface area (Å²) in [4.78, 5) is 0. The first-order valence-electron chi connectivity index (χ1n) is 3.96. The van der Waals surface area contributed by atoms with Crippen molar-refractivity contribution >= 4 is 15.9 Å². The van der Waals surface area contributed by atoms with Crippen molar-refractivity contribution in [2.75, 3.05) is 13.2 Å². The van der Waals surface area contributed by atoms with E-state index in [1.807, 2.05) is 13.8 Å². The van der Waals surface area contributed by atoms with Gasteiger partial charge in [-0.25, -0.2) is 4.57 Å². The van der Waals surface area contributed by atoms with E-state index in [0.29, 0.717) is 13.2 Å². The summed E-state index contributed by atoms with van der Waals surface area (Å²) in [7, 11) is 1.32. The van der Waals surface area contributed by atoms with Crippen LogP contribution in [0.3, 0.4) is 0 Å². The van der Waals surface area contributed by atoms with Crippen molar-refractivity contribution in [1.82, 2.24) is 0 Å². The Labute approximate surface area is 74.6 Å². The van der Waals surface area contributed by atoms with Crippen LogP contribution in [-0.4, -0.2) is 21.3 Å². The molecule has 0 aromatic carbocycles. The molecule has 0 aromatic rings. The number of phosphoric acid groups is 1. The Morgan fingerprint density at radius 3 is 1.83 bits per heavy atom. The molecule has 0 heterocycles. The molecule has 6 heteroatoms. The van der Waals surface area contributed by atoms with E-state index in [1.54, 1.807) is 0 Å². The fourth-order valence-electron chi connectivity index (χ4n) is 0.504. The highest BCUT2D eigenvalue weighted by molar-refractivity contribution is 7.49. The Morgan fingerprint density at radius 2 is 1.58 bits per heavy atom. The summed E-state index contributed by atoms with van der Waals surface area (Å²) in [5, 5.41) is 0. The number of hydrogen-bond donors (Lipinski definition) is 0. The average molecular weight is 192 g/mol. The molecule has 0 aliphatic carbocycles. The van der Waals surface area contributed by atoms with Crippen molar-refractivity contribution in [3.63, 3.8) is 0 Å². The van der Waals surface area contributed by atoms with Crippen molar-refractivity contribution < 1.29 is 18.1 Å². The summed E-state index contributed by atoms with van der Waals surface area (Å²) < 4.78 is 25.1. The summed E-state index contributed by atoms with van der Waals surface area (Å²) in [6.45, 7) is 4.41. The Kier molecular flexibility index (Phi) is 6.76. The van der Waals surface area contributed by atoms with Gasteiger partial charge in [-0.3, -0.25) is 9.05 Å². The average Bonchev–Trinajstić information content (AvgIpc) is 2.11. The van der Waals surface area contributed by atoms with Crippen molar-refractivity contribution in [2.24, 2.45) is 0 Å². The topological polar surface area (TPSA) is 44.8 Å². The van der Waals surface area contributed by atoms with Crippen LogP contribution in [0, 0.1) is 0 Å². The normalized spacial score (nSPS) is 11.8. The molecule has 0 N–H and O–H groups in total. The molecule has 70 valence electrons. The van der Waals surface area contributed by atoms with Gasteiger partial charge < -0.3 is 4.44 Å². The van der Waals surface area contributed by atoms with Crippen LogP contribution in [0.1, 0.15) is 26.7 Å². The van der Waals surface area contributed by atoms with Crippen LogP contribution >= 0.6 is 7.82 Å². The van der Waals surface area contributed by atoms with Crippen LogP contribution in [0.5, 0.6) is 0 Å². The first-order valence-corrected chi connectivity index (χ1v) is 5.42. The standard InChI is InChI=1S/C6H14BO4P/c1-3-5-9-12(8,11-7)10-6-4-2/h3-6H2,1-2H3. The smallest absolute Gasteiger partial charge is 0.362 e. The zero-order valence-electron chi connectivity index (χ0n) is 7.49. The van der Waals surface area contributed by atoms with Crippen LogP contribution in [0.2, 0.25) is 0 Å². The van der Waals surface area contributed by atoms with Crippen molar-refractivity contribution in [3.8, 4) is 0 Å². The largest absolute Gasteiger partial charge is 0.459 e. The maximum Gasteiger partial charge on any atom is 0.459 e. The minimum Gasteiger partial charge on any atom is -0.362 e. The van der Waals surface area contributed by atoms with Gasteiger partial charge in [0.25, 0.3) is 8.05 Å². The molecular weight excluding hydrogens is 178 g/mol. The molecule has 12 heavy (non-hydrogen) atoms. The SMILES string of the molecule is [B]OP(=O)(OCCC)OCCC. The number of hydrogen-bond acceptors (Lipinski definition) is 4. The molecule has 0 saturated heterocycles. The molecule has 0 atom stereocenters. The molecule has 0 bridgehead atoms. The fraction of sp³-hybridized carbons (Fsp3) is 1.00. The molecular formula is C6H14BO4P. The second-order valence-electron chi connectivity index (χ2n) is 2.22. The Morgan fingerprint density at radius 1 is 1.17 bits per heavy atom. The van der Waals surface area contributed by atoms with E-state index in [-0.39, 0.29) is 0 Å². The molecule has 0 aliphatic heterocycles. The molecule has 2 radical (unpaired) electrons. The monoisotopic (exact) mass is 192 g/mol. The molecule has 0 aliphatic rings. The van der Waals surface area contributed by atoms with Crippen LogP contribution in [-0.2, 0) is 18.1 Å². The molecule has 0 rings (SSSR count). The van der Waals surface area contributed by atoms with Crippen molar-refractivity contribution in [3.05, 3.63) is 0 Å². The van der Waals surface area contributed by atoms with Crippen LogP contribution in [0.15, 0.2) is 0 Å². The lowest BCUT2D eigenvalue weighted by atomic mass is 10.5. The van der Waals surface area contributed by atoms with Crippen LogP contribution in [0.4, 0.5) is 0 Å². The minimum atomic E-state index is -3.46. The van der Waals surface area contributed by atoms with Gasteiger partial charge in [-0.1, -0.05) is 13.8 Å². The maximum atomic E-state index is 11.3. The first kappa shape index (κ1) is 12.2. The van der Waals surface area contributed by atoms with Crippen LogP contribution in [0.25, 0.3) is 0 Å². The molecule has 0 aromatic heterocycles. The highest BCUT2D eigenvalue weighted by Gasteiger charge is 2.22. The number of rotatable bonds is 7. The Hall–Kier alpha value is 0.175. The predicted molar refractivity (Wildman–Crippen MR) is 46.9 cm³/mol. The van der Waals surface area contributed by atoms with Gasteiger partial charge in [0.1, 0.15) is 0 Å². The van der Waals surface area contributed by atoms with E-state index >= 15 is 0 Å². The van der Waals surface area contributed by atoms with E-state index in [2.05, 4.69) is 4.44 Å². The highest BCUT2D eigenvalue weighted by Crippen LogP contribution is 2.48. The summed E-state index contributed by atoms with van der Waals surface area (Å²) in [6.07, 6.45) is 1.48. The van der Waals surface area contributed by atoms with Gasteiger partial charge >= 0.3 is 7.82 Å². The van der Waals surface area contributed by atoms with Gasteiger partial charge in [0, 0.05) is 0 Å². The Bertz CT molecular complexity index is 140. The predicted octanol–water partition coefficient (Wildman–Crippen LogP) is 2.05. The van der Waals surface area contributed by atoms with Crippen LogP contribution < -0.4 is 0 Å². The van der Waals surface area contributed by atoms with E-state index in [9.17, 15) is 4.57 Å².